The number of alkyl halides is 1. The fourth-order valence-electron chi connectivity index (χ4n) is 1.66. The minimum atomic E-state index is 0.308. The number of halogens is 1. The molecule has 1 saturated heterocycles. The van der Waals surface area contributed by atoms with Gasteiger partial charge in [0.15, 0.2) is 0 Å². The van der Waals surface area contributed by atoms with E-state index in [0.29, 0.717) is 12.6 Å². The molecule has 1 fully saturated rings. The molecule has 1 aliphatic heterocycles. The normalized spacial score (nSPS) is 26.2. The van der Waals surface area contributed by atoms with Crippen molar-refractivity contribution in [1.29, 1.82) is 0 Å². The Bertz CT molecular complexity index is 110. The van der Waals surface area contributed by atoms with E-state index in [2.05, 4.69) is 4.90 Å². The molecule has 1 aliphatic rings. The smallest absolute Gasteiger partial charge is 0.0586 e. The summed E-state index contributed by atoms with van der Waals surface area (Å²) in [4.78, 5) is 2.34. The zero-order chi connectivity index (χ0) is 8.10. The van der Waals surface area contributed by atoms with Crippen LogP contribution in [0.5, 0.6) is 0 Å². The SMILES string of the molecule is OCC1CCCN1CCCCl. The second-order valence-electron chi connectivity index (χ2n) is 3.06. The Morgan fingerprint density at radius 2 is 2.36 bits per heavy atom. The lowest BCUT2D eigenvalue weighted by Crippen LogP contribution is -2.33. The van der Waals surface area contributed by atoms with Crippen LogP contribution in [-0.4, -0.2) is 41.6 Å². The van der Waals surface area contributed by atoms with Gasteiger partial charge in [-0.25, -0.2) is 0 Å². The average molecular weight is 178 g/mol. The van der Waals surface area contributed by atoms with Crippen molar-refractivity contribution in [2.75, 3.05) is 25.6 Å². The first-order chi connectivity index (χ1) is 5.38. The van der Waals surface area contributed by atoms with Crippen LogP contribution < -0.4 is 0 Å². The monoisotopic (exact) mass is 177 g/mol. The maximum Gasteiger partial charge on any atom is 0.0586 e. The lowest BCUT2D eigenvalue weighted by molar-refractivity contribution is 0.159. The number of likely N-dealkylation sites (tertiary alicyclic amines) is 1. The van der Waals surface area contributed by atoms with Crippen molar-refractivity contribution in [2.24, 2.45) is 0 Å². The molecule has 0 aromatic rings. The molecular weight excluding hydrogens is 162 g/mol. The predicted molar refractivity (Wildman–Crippen MR) is 47.0 cm³/mol. The quantitative estimate of drug-likeness (QED) is 0.650. The molecule has 0 radical (unpaired) electrons. The molecule has 2 nitrogen and oxygen atoms in total. The number of aliphatic hydroxyl groups is 1. The molecule has 0 bridgehead atoms. The second-order valence-corrected chi connectivity index (χ2v) is 3.44. The summed E-state index contributed by atoms with van der Waals surface area (Å²) in [6.45, 7) is 2.50. The third-order valence-corrected chi connectivity index (χ3v) is 2.56. The van der Waals surface area contributed by atoms with Crippen molar-refractivity contribution in [2.45, 2.75) is 25.3 Å². The number of hydrogen-bond acceptors (Lipinski definition) is 2. The van der Waals surface area contributed by atoms with Crippen LogP contribution in [0.4, 0.5) is 0 Å². The van der Waals surface area contributed by atoms with Crippen LogP contribution in [0.15, 0.2) is 0 Å². The van der Waals surface area contributed by atoms with Gasteiger partial charge >= 0.3 is 0 Å². The molecule has 0 aromatic carbocycles. The van der Waals surface area contributed by atoms with Gasteiger partial charge in [0, 0.05) is 11.9 Å². The minimum absolute atomic E-state index is 0.308. The van der Waals surface area contributed by atoms with Crippen LogP contribution >= 0.6 is 11.6 Å². The number of rotatable bonds is 4. The van der Waals surface area contributed by atoms with Crippen LogP contribution in [0.1, 0.15) is 19.3 Å². The zero-order valence-electron chi connectivity index (χ0n) is 6.80. The number of hydrogen-bond donors (Lipinski definition) is 1. The highest BCUT2D eigenvalue weighted by molar-refractivity contribution is 6.17. The third kappa shape index (κ3) is 2.62. The first kappa shape index (κ1) is 9.30. The van der Waals surface area contributed by atoms with E-state index in [9.17, 15) is 0 Å². The summed E-state index contributed by atoms with van der Waals surface area (Å²) in [5, 5.41) is 8.96. The molecule has 0 spiro atoms. The molecule has 0 aliphatic carbocycles. The predicted octanol–water partition coefficient (Wildman–Crippen LogP) is 1.07. The number of aliphatic hydroxyl groups excluding tert-OH is 1. The Kier molecular flexibility index (Phi) is 4.20. The van der Waals surface area contributed by atoms with E-state index in [0.717, 1.165) is 31.8 Å². The van der Waals surface area contributed by atoms with Crippen LogP contribution in [0.2, 0.25) is 0 Å². The third-order valence-electron chi connectivity index (χ3n) is 2.29. The van der Waals surface area contributed by atoms with Crippen molar-refractivity contribution in [1.82, 2.24) is 4.90 Å². The van der Waals surface area contributed by atoms with Gasteiger partial charge in [0.2, 0.25) is 0 Å². The molecule has 1 atom stereocenters. The molecule has 0 amide bonds. The molecule has 0 aromatic heterocycles. The van der Waals surface area contributed by atoms with Crippen LogP contribution in [0.25, 0.3) is 0 Å². The Morgan fingerprint density at radius 1 is 1.55 bits per heavy atom. The highest BCUT2D eigenvalue weighted by Crippen LogP contribution is 2.16. The van der Waals surface area contributed by atoms with Gasteiger partial charge in [-0.3, -0.25) is 4.90 Å². The maximum absolute atomic E-state index is 8.96. The van der Waals surface area contributed by atoms with Crippen molar-refractivity contribution in [3.63, 3.8) is 0 Å². The van der Waals surface area contributed by atoms with Gasteiger partial charge in [0.1, 0.15) is 0 Å². The van der Waals surface area contributed by atoms with Crippen molar-refractivity contribution in [3.8, 4) is 0 Å². The highest BCUT2D eigenvalue weighted by Gasteiger charge is 2.22. The fraction of sp³-hybridized carbons (Fsp3) is 1.00. The van der Waals surface area contributed by atoms with Gasteiger partial charge in [0.05, 0.1) is 6.61 Å². The fourth-order valence-corrected chi connectivity index (χ4v) is 1.78. The Morgan fingerprint density at radius 3 is 3.00 bits per heavy atom. The largest absolute Gasteiger partial charge is 0.395 e. The molecule has 66 valence electrons. The molecule has 1 N–H and O–H groups in total. The van der Waals surface area contributed by atoms with E-state index in [-0.39, 0.29) is 0 Å². The van der Waals surface area contributed by atoms with Crippen molar-refractivity contribution in [3.05, 3.63) is 0 Å². The molecule has 1 heterocycles. The minimum Gasteiger partial charge on any atom is -0.395 e. The second kappa shape index (κ2) is 4.96. The van der Waals surface area contributed by atoms with Crippen molar-refractivity contribution < 1.29 is 5.11 Å². The number of nitrogens with zero attached hydrogens (tertiary/aromatic N) is 1. The summed E-state index contributed by atoms with van der Waals surface area (Å²) < 4.78 is 0. The van der Waals surface area contributed by atoms with Crippen LogP contribution in [-0.2, 0) is 0 Å². The Balaban J connectivity index is 2.20. The van der Waals surface area contributed by atoms with E-state index < -0.39 is 0 Å². The lowest BCUT2D eigenvalue weighted by atomic mass is 10.2. The summed E-state index contributed by atoms with van der Waals surface area (Å²) in [5.41, 5.74) is 0. The van der Waals surface area contributed by atoms with E-state index in [1.807, 2.05) is 0 Å². The van der Waals surface area contributed by atoms with Crippen LogP contribution in [0, 0.1) is 0 Å². The Hall–Kier alpha value is 0.210. The van der Waals surface area contributed by atoms with E-state index >= 15 is 0 Å². The first-order valence-corrected chi connectivity index (χ1v) is 4.83. The summed E-state index contributed by atoms with van der Waals surface area (Å²) in [6, 6.07) is 0.415. The molecule has 1 unspecified atom stereocenters. The lowest BCUT2D eigenvalue weighted by Gasteiger charge is -2.21. The van der Waals surface area contributed by atoms with E-state index in [4.69, 9.17) is 16.7 Å². The summed E-state index contributed by atoms with van der Waals surface area (Å²) in [7, 11) is 0. The maximum atomic E-state index is 8.96. The molecule has 11 heavy (non-hydrogen) atoms. The van der Waals surface area contributed by atoms with Gasteiger partial charge in [0.25, 0.3) is 0 Å². The Labute approximate surface area is 73.1 Å². The summed E-state index contributed by atoms with van der Waals surface area (Å²) >= 11 is 5.58. The van der Waals surface area contributed by atoms with Gasteiger partial charge in [-0.1, -0.05) is 0 Å². The van der Waals surface area contributed by atoms with E-state index in [1.165, 1.54) is 6.42 Å². The van der Waals surface area contributed by atoms with Gasteiger partial charge < -0.3 is 5.11 Å². The van der Waals surface area contributed by atoms with Gasteiger partial charge in [-0.15, -0.1) is 11.6 Å². The first-order valence-electron chi connectivity index (χ1n) is 4.29. The summed E-state index contributed by atoms with van der Waals surface area (Å²) in [5.74, 6) is 0.731. The average Bonchev–Trinajstić information content (AvgIpc) is 2.47. The van der Waals surface area contributed by atoms with Crippen LogP contribution in [0.3, 0.4) is 0 Å². The molecular formula is C8H16ClNO. The highest BCUT2D eigenvalue weighted by atomic mass is 35.5. The molecule has 3 heteroatoms. The standard InChI is InChI=1S/C8H16ClNO/c9-4-2-6-10-5-1-3-8(10)7-11/h8,11H,1-7H2. The zero-order valence-corrected chi connectivity index (χ0v) is 7.56. The van der Waals surface area contributed by atoms with Gasteiger partial charge in [-0.2, -0.15) is 0 Å². The molecule has 0 saturated carbocycles. The topological polar surface area (TPSA) is 23.5 Å². The summed E-state index contributed by atoms with van der Waals surface area (Å²) in [6.07, 6.45) is 3.42. The molecule has 1 rings (SSSR count). The van der Waals surface area contributed by atoms with Crippen molar-refractivity contribution >= 4 is 11.6 Å². The van der Waals surface area contributed by atoms with Gasteiger partial charge in [-0.05, 0) is 32.4 Å². The van der Waals surface area contributed by atoms with E-state index in [1.54, 1.807) is 0 Å².